The summed E-state index contributed by atoms with van der Waals surface area (Å²) in [7, 11) is 0. The average Bonchev–Trinajstić information content (AvgIpc) is 3.49. The van der Waals surface area contributed by atoms with Crippen molar-refractivity contribution in [2.24, 2.45) is 5.92 Å². The zero-order chi connectivity index (χ0) is 18.5. The minimum atomic E-state index is 0.208. The van der Waals surface area contributed by atoms with Crippen LogP contribution in [0.25, 0.3) is 11.0 Å². The number of carbonyl (C=O) groups excluding carboxylic acids is 1. The van der Waals surface area contributed by atoms with E-state index in [2.05, 4.69) is 16.0 Å². The van der Waals surface area contributed by atoms with E-state index in [9.17, 15) is 4.79 Å². The van der Waals surface area contributed by atoms with E-state index in [1.54, 1.807) is 0 Å². The van der Waals surface area contributed by atoms with Crippen molar-refractivity contribution in [3.05, 3.63) is 60.4 Å². The van der Waals surface area contributed by atoms with Crippen LogP contribution in [0, 0.1) is 5.92 Å². The zero-order valence-electron chi connectivity index (χ0n) is 15.4. The molecule has 1 aromatic heterocycles. The number of hydrogen-bond acceptors (Lipinski definition) is 3. The molecule has 0 aliphatic heterocycles. The Hall–Kier alpha value is -2.82. The maximum absolute atomic E-state index is 11.8. The molecule has 0 bridgehead atoms. The lowest BCUT2D eigenvalue weighted by molar-refractivity contribution is -0.122. The van der Waals surface area contributed by atoms with E-state index in [0.717, 1.165) is 54.8 Å². The Kier molecular flexibility index (Phi) is 5.37. The van der Waals surface area contributed by atoms with Crippen molar-refractivity contribution >= 4 is 16.9 Å². The van der Waals surface area contributed by atoms with Gasteiger partial charge in [-0.25, -0.2) is 4.98 Å². The maximum atomic E-state index is 11.8. The molecule has 0 spiro atoms. The SMILES string of the molecule is O=C(NCCCc1nc2ccccc2n1CCOc1ccccc1)C1CC1. The molecule has 0 radical (unpaired) electrons. The molecule has 3 aromatic rings. The fourth-order valence-electron chi connectivity index (χ4n) is 3.29. The molecule has 27 heavy (non-hydrogen) atoms. The molecule has 5 heteroatoms. The van der Waals surface area contributed by atoms with Gasteiger partial charge in [0.25, 0.3) is 0 Å². The van der Waals surface area contributed by atoms with Gasteiger partial charge in [0.05, 0.1) is 17.6 Å². The molecular weight excluding hydrogens is 338 g/mol. The number of benzene rings is 2. The van der Waals surface area contributed by atoms with Crippen LogP contribution in [0.5, 0.6) is 5.75 Å². The number of hydrogen-bond donors (Lipinski definition) is 1. The van der Waals surface area contributed by atoms with Crippen molar-refractivity contribution in [3.8, 4) is 5.75 Å². The highest BCUT2D eigenvalue weighted by atomic mass is 16.5. The molecule has 1 amide bonds. The van der Waals surface area contributed by atoms with Gasteiger partial charge in [-0.1, -0.05) is 30.3 Å². The van der Waals surface area contributed by atoms with Crippen LogP contribution in [0.1, 0.15) is 25.1 Å². The van der Waals surface area contributed by atoms with Gasteiger partial charge in [0.15, 0.2) is 0 Å². The number of para-hydroxylation sites is 3. The van der Waals surface area contributed by atoms with Gasteiger partial charge in [0.1, 0.15) is 18.2 Å². The number of carbonyl (C=O) groups is 1. The van der Waals surface area contributed by atoms with Gasteiger partial charge in [0, 0.05) is 18.9 Å². The van der Waals surface area contributed by atoms with Gasteiger partial charge in [-0.05, 0) is 43.5 Å². The summed E-state index contributed by atoms with van der Waals surface area (Å²) in [5.74, 6) is 2.41. The van der Waals surface area contributed by atoms with Gasteiger partial charge < -0.3 is 14.6 Å². The fourth-order valence-corrected chi connectivity index (χ4v) is 3.29. The van der Waals surface area contributed by atoms with Crippen LogP contribution in [0.15, 0.2) is 54.6 Å². The first-order valence-corrected chi connectivity index (χ1v) is 9.71. The molecule has 5 nitrogen and oxygen atoms in total. The monoisotopic (exact) mass is 363 g/mol. The number of nitrogens with one attached hydrogen (secondary N) is 1. The first-order chi connectivity index (χ1) is 13.3. The summed E-state index contributed by atoms with van der Waals surface area (Å²) in [5.41, 5.74) is 2.14. The number of amides is 1. The number of rotatable bonds is 9. The van der Waals surface area contributed by atoms with E-state index < -0.39 is 0 Å². The van der Waals surface area contributed by atoms with Crippen molar-refractivity contribution < 1.29 is 9.53 Å². The summed E-state index contributed by atoms with van der Waals surface area (Å²) in [5, 5.41) is 3.03. The Morgan fingerprint density at radius 2 is 1.89 bits per heavy atom. The van der Waals surface area contributed by atoms with E-state index in [1.807, 2.05) is 48.5 Å². The standard InChI is InChI=1S/C22H25N3O2/c26-22(17-12-13-17)23-14-6-11-21-24-19-9-4-5-10-20(19)25(21)15-16-27-18-7-2-1-3-8-18/h1-5,7-10,17H,6,11-16H2,(H,23,26). The minimum Gasteiger partial charge on any atom is -0.492 e. The number of ether oxygens (including phenoxy) is 1. The second-order valence-corrected chi connectivity index (χ2v) is 7.00. The Balaban J connectivity index is 1.38. The summed E-state index contributed by atoms with van der Waals surface area (Å²) < 4.78 is 8.11. The molecule has 140 valence electrons. The smallest absolute Gasteiger partial charge is 0.223 e. The molecule has 1 fully saturated rings. The molecular formula is C22H25N3O2. The number of nitrogens with zero attached hydrogens (tertiary/aromatic N) is 2. The van der Waals surface area contributed by atoms with Crippen LogP contribution in [-0.4, -0.2) is 28.6 Å². The summed E-state index contributed by atoms with van der Waals surface area (Å²) in [6, 6.07) is 18.1. The van der Waals surface area contributed by atoms with Gasteiger partial charge in [0.2, 0.25) is 5.91 Å². The average molecular weight is 363 g/mol. The molecule has 0 unspecified atom stereocenters. The number of aryl methyl sites for hydroxylation is 1. The third-order valence-corrected chi connectivity index (χ3v) is 4.88. The summed E-state index contributed by atoms with van der Waals surface area (Å²) in [6.45, 7) is 2.05. The predicted octanol–water partition coefficient (Wildman–Crippen LogP) is 3.57. The molecule has 4 rings (SSSR count). The van der Waals surface area contributed by atoms with E-state index in [0.29, 0.717) is 13.2 Å². The van der Waals surface area contributed by atoms with Crippen molar-refractivity contribution in [1.82, 2.24) is 14.9 Å². The van der Waals surface area contributed by atoms with Gasteiger partial charge >= 0.3 is 0 Å². The van der Waals surface area contributed by atoms with E-state index in [4.69, 9.17) is 9.72 Å². The van der Waals surface area contributed by atoms with E-state index >= 15 is 0 Å². The molecule has 0 atom stereocenters. The third-order valence-electron chi connectivity index (χ3n) is 4.88. The third kappa shape index (κ3) is 4.48. The Labute approximate surface area is 159 Å². The van der Waals surface area contributed by atoms with E-state index in [1.165, 1.54) is 0 Å². The quantitative estimate of drug-likeness (QED) is 0.591. The molecule has 1 saturated carbocycles. The predicted molar refractivity (Wildman–Crippen MR) is 106 cm³/mol. The lowest BCUT2D eigenvalue weighted by atomic mass is 10.2. The normalized spacial score (nSPS) is 13.6. The largest absolute Gasteiger partial charge is 0.492 e. The Morgan fingerprint density at radius 3 is 2.70 bits per heavy atom. The lowest BCUT2D eigenvalue weighted by Crippen LogP contribution is -2.26. The van der Waals surface area contributed by atoms with Gasteiger partial charge in [-0.3, -0.25) is 4.79 Å². The Bertz CT molecular complexity index is 900. The first-order valence-electron chi connectivity index (χ1n) is 9.71. The summed E-state index contributed by atoms with van der Waals surface area (Å²) in [4.78, 5) is 16.5. The van der Waals surface area contributed by atoms with Crippen molar-refractivity contribution in [2.75, 3.05) is 13.2 Å². The van der Waals surface area contributed by atoms with Crippen LogP contribution < -0.4 is 10.1 Å². The molecule has 1 aliphatic carbocycles. The van der Waals surface area contributed by atoms with Crippen molar-refractivity contribution in [1.29, 1.82) is 0 Å². The number of fused-ring (bicyclic) bond motifs is 1. The highest BCUT2D eigenvalue weighted by Gasteiger charge is 2.29. The Morgan fingerprint density at radius 1 is 1.11 bits per heavy atom. The molecule has 0 saturated heterocycles. The minimum absolute atomic E-state index is 0.208. The van der Waals surface area contributed by atoms with Crippen LogP contribution >= 0.6 is 0 Å². The van der Waals surface area contributed by atoms with E-state index in [-0.39, 0.29) is 11.8 Å². The molecule has 1 heterocycles. The topological polar surface area (TPSA) is 56.2 Å². The maximum Gasteiger partial charge on any atom is 0.223 e. The lowest BCUT2D eigenvalue weighted by Gasteiger charge is -2.11. The first kappa shape index (κ1) is 17.6. The zero-order valence-corrected chi connectivity index (χ0v) is 15.4. The summed E-state index contributed by atoms with van der Waals surface area (Å²) >= 11 is 0. The van der Waals surface area contributed by atoms with Crippen LogP contribution in [-0.2, 0) is 17.8 Å². The second-order valence-electron chi connectivity index (χ2n) is 7.00. The van der Waals surface area contributed by atoms with Crippen molar-refractivity contribution in [2.45, 2.75) is 32.2 Å². The van der Waals surface area contributed by atoms with Crippen LogP contribution in [0.3, 0.4) is 0 Å². The molecule has 2 aromatic carbocycles. The van der Waals surface area contributed by atoms with Crippen LogP contribution in [0.2, 0.25) is 0 Å². The molecule has 1 N–H and O–H groups in total. The highest BCUT2D eigenvalue weighted by molar-refractivity contribution is 5.80. The second kappa shape index (κ2) is 8.25. The highest BCUT2D eigenvalue weighted by Crippen LogP contribution is 2.28. The van der Waals surface area contributed by atoms with Crippen LogP contribution in [0.4, 0.5) is 0 Å². The van der Waals surface area contributed by atoms with Crippen molar-refractivity contribution in [3.63, 3.8) is 0 Å². The van der Waals surface area contributed by atoms with Gasteiger partial charge in [-0.15, -0.1) is 0 Å². The molecule has 1 aliphatic rings. The summed E-state index contributed by atoms with van der Waals surface area (Å²) in [6.07, 6.45) is 3.82. The number of aromatic nitrogens is 2. The van der Waals surface area contributed by atoms with Gasteiger partial charge in [-0.2, -0.15) is 0 Å². The fraction of sp³-hybridized carbons (Fsp3) is 0.364. The number of imidazole rings is 1.